The van der Waals surface area contributed by atoms with E-state index in [0.717, 1.165) is 31.6 Å². The lowest BCUT2D eigenvalue weighted by Crippen LogP contribution is -2.31. The number of nitrogens with one attached hydrogen (secondary N) is 1. The Balaban J connectivity index is 2.01. The molecule has 0 heterocycles. The summed E-state index contributed by atoms with van der Waals surface area (Å²) in [7, 11) is -3.79. The first-order valence-corrected chi connectivity index (χ1v) is 8.89. The molecule has 0 amide bonds. The molecule has 0 saturated heterocycles. The van der Waals surface area contributed by atoms with E-state index in [9.17, 15) is 12.8 Å². The Hall–Kier alpha value is -0.980. The van der Waals surface area contributed by atoms with Gasteiger partial charge in [-0.05, 0) is 42.4 Å². The van der Waals surface area contributed by atoms with E-state index in [2.05, 4.69) is 11.6 Å². The van der Waals surface area contributed by atoms with E-state index in [1.807, 2.05) is 0 Å². The van der Waals surface area contributed by atoms with Crippen LogP contribution in [0.4, 0.5) is 4.39 Å². The molecular weight excluding hydrogens is 291 g/mol. The zero-order valence-corrected chi connectivity index (χ0v) is 13.1. The summed E-state index contributed by atoms with van der Waals surface area (Å²) in [4.78, 5) is -0.302. The van der Waals surface area contributed by atoms with Crippen LogP contribution >= 0.6 is 0 Å². The second kappa shape index (κ2) is 6.85. The Kier molecular flexibility index (Phi) is 5.35. The number of hydrogen-bond acceptors (Lipinski definition) is 3. The van der Waals surface area contributed by atoms with Crippen LogP contribution in [-0.4, -0.2) is 15.0 Å². The molecule has 0 spiro atoms. The van der Waals surface area contributed by atoms with Crippen LogP contribution in [-0.2, 0) is 16.6 Å². The molecule has 1 aliphatic carbocycles. The van der Waals surface area contributed by atoms with Crippen molar-refractivity contribution < 1.29 is 12.8 Å². The van der Waals surface area contributed by atoms with Crippen LogP contribution in [0.5, 0.6) is 0 Å². The summed E-state index contributed by atoms with van der Waals surface area (Å²) in [5.74, 6) is 0.323. The molecule has 1 saturated carbocycles. The Bertz CT molecular complexity index is 581. The van der Waals surface area contributed by atoms with Crippen molar-refractivity contribution in [2.75, 3.05) is 6.54 Å². The predicted octanol–water partition coefficient (Wildman–Crippen LogP) is 2.39. The quantitative estimate of drug-likeness (QED) is 0.876. The van der Waals surface area contributed by atoms with Gasteiger partial charge >= 0.3 is 0 Å². The zero-order valence-electron chi connectivity index (χ0n) is 12.3. The molecule has 0 bridgehead atoms. The van der Waals surface area contributed by atoms with Gasteiger partial charge in [0.25, 0.3) is 0 Å². The smallest absolute Gasteiger partial charge is 0.243 e. The van der Waals surface area contributed by atoms with Gasteiger partial charge in [0.15, 0.2) is 0 Å². The van der Waals surface area contributed by atoms with E-state index in [1.165, 1.54) is 12.1 Å². The number of rotatable bonds is 5. The largest absolute Gasteiger partial charge is 0.326 e. The summed E-state index contributed by atoms with van der Waals surface area (Å²) < 4.78 is 40.8. The molecule has 0 aromatic heterocycles. The van der Waals surface area contributed by atoms with Gasteiger partial charge in [-0.1, -0.05) is 25.8 Å². The van der Waals surface area contributed by atoms with Crippen molar-refractivity contribution in [3.05, 3.63) is 29.6 Å². The topological polar surface area (TPSA) is 72.2 Å². The van der Waals surface area contributed by atoms with E-state index < -0.39 is 15.8 Å². The Morgan fingerprint density at radius 3 is 2.52 bits per heavy atom. The number of hydrogen-bond donors (Lipinski definition) is 2. The molecule has 0 atom stereocenters. The highest BCUT2D eigenvalue weighted by Gasteiger charge is 2.23. The Morgan fingerprint density at radius 1 is 1.29 bits per heavy atom. The molecule has 1 aromatic rings. The third-order valence-electron chi connectivity index (χ3n) is 4.22. The first kappa shape index (κ1) is 16.4. The predicted molar refractivity (Wildman–Crippen MR) is 80.6 cm³/mol. The number of halogens is 1. The van der Waals surface area contributed by atoms with Gasteiger partial charge in [0.1, 0.15) is 10.7 Å². The highest BCUT2D eigenvalue weighted by Crippen LogP contribution is 2.28. The Labute approximate surface area is 126 Å². The van der Waals surface area contributed by atoms with Gasteiger partial charge < -0.3 is 5.73 Å². The summed E-state index contributed by atoms with van der Waals surface area (Å²) >= 11 is 0. The fraction of sp³-hybridized carbons (Fsp3) is 0.600. The highest BCUT2D eigenvalue weighted by molar-refractivity contribution is 7.89. The van der Waals surface area contributed by atoms with Crippen molar-refractivity contribution in [1.82, 2.24) is 4.72 Å². The normalized spacial score (nSPS) is 23.2. The molecule has 2 rings (SSSR count). The minimum absolute atomic E-state index is 0.185. The van der Waals surface area contributed by atoms with Crippen molar-refractivity contribution in [1.29, 1.82) is 0 Å². The Morgan fingerprint density at radius 2 is 1.95 bits per heavy atom. The summed E-state index contributed by atoms with van der Waals surface area (Å²) in [6.45, 7) is 2.78. The second-order valence-corrected chi connectivity index (χ2v) is 7.68. The second-order valence-electron chi connectivity index (χ2n) is 5.95. The van der Waals surface area contributed by atoms with E-state index in [4.69, 9.17) is 5.73 Å². The zero-order chi connectivity index (χ0) is 15.5. The van der Waals surface area contributed by atoms with E-state index in [-0.39, 0.29) is 11.4 Å². The fourth-order valence-corrected chi connectivity index (χ4v) is 3.90. The molecule has 0 unspecified atom stereocenters. The van der Waals surface area contributed by atoms with Gasteiger partial charge in [-0.2, -0.15) is 0 Å². The fourth-order valence-electron chi connectivity index (χ4n) is 2.73. The molecule has 3 N–H and O–H groups in total. The molecular formula is C15H23FN2O2S. The van der Waals surface area contributed by atoms with Gasteiger partial charge in [-0.15, -0.1) is 0 Å². The number of benzene rings is 1. The minimum atomic E-state index is -3.79. The first-order valence-electron chi connectivity index (χ1n) is 7.40. The lowest BCUT2D eigenvalue weighted by atomic mass is 9.83. The monoisotopic (exact) mass is 314 g/mol. The van der Waals surface area contributed by atoms with Crippen LogP contribution in [0.25, 0.3) is 0 Å². The summed E-state index contributed by atoms with van der Waals surface area (Å²) in [5.41, 5.74) is 5.99. The van der Waals surface area contributed by atoms with Crippen LogP contribution in [0.1, 0.15) is 38.2 Å². The molecule has 118 valence electrons. The molecule has 6 heteroatoms. The standard InChI is InChI=1S/C15H23FN2O2S/c1-11-2-4-12(5-3-11)10-18-21(19,20)15-7-6-13(9-17)8-14(15)16/h6-8,11-12,18H,2-5,9-10,17H2,1H3. The third kappa shape index (κ3) is 4.25. The average Bonchev–Trinajstić information content (AvgIpc) is 2.46. The van der Waals surface area contributed by atoms with E-state index in [0.29, 0.717) is 18.0 Å². The van der Waals surface area contributed by atoms with E-state index in [1.54, 1.807) is 6.07 Å². The number of sulfonamides is 1. The van der Waals surface area contributed by atoms with Gasteiger partial charge in [-0.3, -0.25) is 0 Å². The van der Waals surface area contributed by atoms with Gasteiger partial charge in [0, 0.05) is 13.1 Å². The molecule has 4 nitrogen and oxygen atoms in total. The lowest BCUT2D eigenvalue weighted by Gasteiger charge is -2.26. The molecule has 1 aromatic carbocycles. The first-order chi connectivity index (χ1) is 9.92. The number of nitrogens with two attached hydrogens (primary N) is 1. The van der Waals surface area contributed by atoms with Crippen LogP contribution in [0.15, 0.2) is 23.1 Å². The highest BCUT2D eigenvalue weighted by atomic mass is 32.2. The summed E-state index contributed by atoms with van der Waals surface area (Å²) in [6, 6.07) is 4.00. The molecule has 1 aliphatic rings. The maximum absolute atomic E-state index is 13.9. The molecule has 21 heavy (non-hydrogen) atoms. The van der Waals surface area contributed by atoms with Crippen LogP contribution < -0.4 is 10.5 Å². The maximum Gasteiger partial charge on any atom is 0.243 e. The van der Waals surface area contributed by atoms with Crippen LogP contribution in [0, 0.1) is 17.7 Å². The molecule has 0 radical (unpaired) electrons. The van der Waals surface area contributed by atoms with Crippen molar-refractivity contribution in [2.45, 2.75) is 44.0 Å². The third-order valence-corrected chi connectivity index (χ3v) is 5.68. The van der Waals surface area contributed by atoms with Crippen molar-refractivity contribution in [3.63, 3.8) is 0 Å². The van der Waals surface area contributed by atoms with Gasteiger partial charge in [0.2, 0.25) is 10.0 Å². The molecule has 1 fully saturated rings. The van der Waals surface area contributed by atoms with E-state index >= 15 is 0 Å². The van der Waals surface area contributed by atoms with Crippen molar-refractivity contribution >= 4 is 10.0 Å². The lowest BCUT2D eigenvalue weighted by molar-refractivity contribution is 0.290. The summed E-state index contributed by atoms with van der Waals surface area (Å²) in [5, 5.41) is 0. The minimum Gasteiger partial charge on any atom is -0.326 e. The maximum atomic E-state index is 13.9. The summed E-state index contributed by atoms with van der Waals surface area (Å²) in [6.07, 6.45) is 4.31. The average molecular weight is 314 g/mol. The van der Waals surface area contributed by atoms with Crippen LogP contribution in [0.2, 0.25) is 0 Å². The van der Waals surface area contributed by atoms with Gasteiger partial charge in [0.05, 0.1) is 0 Å². The van der Waals surface area contributed by atoms with Crippen LogP contribution in [0.3, 0.4) is 0 Å². The van der Waals surface area contributed by atoms with Crippen molar-refractivity contribution in [3.8, 4) is 0 Å². The SMILES string of the molecule is CC1CCC(CNS(=O)(=O)c2ccc(CN)cc2F)CC1. The molecule has 0 aliphatic heterocycles. The van der Waals surface area contributed by atoms with Crippen molar-refractivity contribution in [2.24, 2.45) is 17.6 Å². The van der Waals surface area contributed by atoms with Gasteiger partial charge in [-0.25, -0.2) is 17.5 Å².